The van der Waals surface area contributed by atoms with Gasteiger partial charge in [0.1, 0.15) is 11.9 Å². The highest BCUT2D eigenvalue weighted by atomic mass is 35.5. The zero-order chi connectivity index (χ0) is 17.6. The van der Waals surface area contributed by atoms with Gasteiger partial charge in [0.05, 0.1) is 18.8 Å². The average molecular weight is 377 g/mol. The van der Waals surface area contributed by atoms with Crippen molar-refractivity contribution >= 4 is 34.8 Å². The van der Waals surface area contributed by atoms with E-state index in [9.17, 15) is 4.79 Å². The van der Waals surface area contributed by atoms with Crippen molar-refractivity contribution in [1.82, 2.24) is 4.90 Å². The van der Waals surface area contributed by atoms with E-state index in [0.29, 0.717) is 21.5 Å². The van der Waals surface area contributed by atoms with Crippen molar-refractivity contribution in [3.05, 3.63) is 58.1 Å². The van der Waals surface area contributed by atoms with Crippen LogP contribution in [0, 0.1) is 0 Å². The molecule has 2 aliphatic heterocycles. The number of hydrogen-bond donors (Lipinski definition) is 0. The number of hydrogen-bond acceptors (Lipinski definition) is 3. The van der Waals surface area contributed by atoms with Crippen molar-refractivity contribution in [3.63, 3.8) is 0 Å². The molecule has 1 amide bonds. The predicted molar refractivity (Wildman–Crippen MR) is 99.4 cm³/mol. The van der Waals surface area contributed by atoms with Crippen LogP contribution in [0.2, 0.25) is 10.0 Å². The van der Waals surface area contributed by atoms with Crippen LogP contribution < -0.4 is 9.64 Å². The molecule has 2 aromatic carbocycles. The molecule has 0 N–H and O–H groups in total. The van der Waals surface area contributed by atoms with Crippen molar-refractivity contribution < 1.29 is 9.53 Å². The Morgan fingerprint density at radius 1 is 1.08 bits per heavy atom. The third-order valence-electron chi connectivity index (χ3n) is 4.94. The van der Waals surface area contributed by atoms with E-state index in [0.717, 1.165) is 24.9 Å². The van der Waals surface area contributed by atoms with Crippen molar-refractivity contribution in [2.24, 2.45) is 0 Å². The van der Waals surface area contributed by atoms with Crippen molar-refractivity contribution in [2.45, 2.75) is 25.0 Å². The van der Waals surface area contributed by atoms with Crippen LogP contribution in [-0.4, -0.2) is 30.5 Å². The fraction of sp³-hybridized carbons (Fsp3) is 0.316. The molecule has 2 atom stereocenters. The third-order valence-corrected chi connectivity index (χ3v) is 5.43. The molecule has 130 valence electrons. The SMILES string of the molecule is COc1ccc(Cl)cc1N1C(=O)C2CCCN2C1c1ccc(Cl)cc1. The molecule has 4 rings (SSSR count). The van der Waals surface area contributed by atoms with Gasteiger partial charge in [-0.15, -0.1) is 0 Å². The number of benzene rings is 2. The highest BCUT2D eigenvalue weighted by molar-refractivity contribution is 6.31. The van der Waals surface area contributed by atoms with Gasteiger partial charge >= 0.3 is 0 Å². The van der Waals surface area contributed by atoms with Gasteiger partial charge in [-0.2, -0.15) is 0 Å². The highest BCUT2D eigenvalue weighted by Crippen LogP contribution is 2.45. The number of carbonyl (C=O) groups is 1. The number of ether oxygens (including phenoxy) is 1. The number of amides is 1. The van der Waals surface area contributed by atoms with Crippen LogP contribution in [0.4, 0.5) is 5.69 Å². The zero-order valence-electron chi connectivity index (χ0n) is 13.8. The van der Waals surface area contributed by atoms with Gasteiger partial charge in [-0.25, -0.2) is 0 Å². The maximum atomic E-state index is 13.2. The molecule has 2 aromatic rings. The van der Waals surface area contributed by atoms with E-state index in [1.807, 2.05) is 29.2 Å². The lowest BCUT2D eigenvalue weighted by Crippen LogP contribution is -2.32. The van der Waals surface area contributed by atoms with Crippen LogP contribution in [0.3, 0.4) is 0 Å². The number of halogens is 2. The van der Waals surface area contributed by atoms with Crippen LogP contribution in [0.25, 0.3) is 0 Å². The fourth-order valence-electron chi connectivity index (χ4n) is 3.85. The lowest BCUT2D eigenvalue weighted by Gasteiger charge is -2.30. The minimum Gasteiger partial charge on any atom is -0.495 e. The second kappa shape index (κ2) is 6.52. The monoisotopic (exact) mass is 376 g/mol. The summed E-state index contributed by atoms with van der Waals surface area (Å²) in [6, 6.07) is 12.9. The molecule has 0 bridgehead atoms. The van der Waals surface area contributed by atoms with Gasteiger partial charge in [0.2, 0.25) is 5.91 Å². The molecule has 0 aromatic heterocycles. The average Bonchev–Trinajstić information content (AvgIpc) is 3.18. The molecule has 2 unspecified atom stereocenters. The zero-order valence-corrected chi connectivity index (χ0v) is 15.3. The summed E-state index contributed by atoms with van der Waals surface area (Å²) in [5.41, 5.74) is 1.73. The van der Waals surface area contributed by atoms with Gasteiger partial charge < -0.3 is 4.74 Å². The van der Waals surface area contributed by atoms with E-state index in [2.05, 4.69) is 4.90 Å². The van der Waals surface area contributed by atoms with Crippen molar-refractivity contribution in [3.8, 4) is 5.75 Å². The number of rotatable bonds is 3. The summed E-state index contributed by atoms with van der Waals surface area (Å²) in [7, 11) is 1.60. The second-order valence-corrected chi connectivity index (χ2v) is 7.22. The molecule has 0 aliphatic carbocycles. The Morgan fingerprint density at radius 3 is 2.52 bits per heavy atom. The van der Waals surface area contributed by atoms with Crippen LogP contribution in [0.5, 0.6) is 5.75 Å². The van der Waals surface area contributed by atoms with E-state index in [-0.39, 0.29) is 18.1 Å². The summed E-state index contributed by atoms with van der Waals surface area (Å²) in [5.74, 6) is 0.732. The lowest BCUT2D eigenvalue weighted by atomic mass is 10.1. The molecule has 0 radical (unpaired) electrons. The molecule has 2 heterocycles. The quantitative estimate of drug-likeness (QED) is 0.789. The summed E-state index contributed by atoms with van der Waals surface area (Å²) < 4.78 is 5.49. The molecule has 2 aliphatic rings. The minimum atomic E-state index is -0.176. The van der Waals surface area contributed by atoms with Gasteiger partial charge in [-0.1, -0.05) is 35.3 Å². The molecule has 2 saturated heterocycles. The Kier molecular flexibility index (Phi) is 4.36. The summed E-state index contributed by atoms with van der Waals surface area (Å²) >= 11 is 12.3. The first-order chi connectivity index (χ1) is 12.1. The van der Waals surface area contributed by atoms with E-state index in [1.54, 1.807) is 25.3 Å². The van der Waals surface area contributed by atoms with Crippen LogP contribution in [-0.2, 0) is 4.79 Å². The normalized spacial score (nSPS) is 23.2. The van der Waals surface area contributed by atoms with Crippen LogP contribution in [0.15, 0.2) is 42.5 Å². The first kappa shape index (κ1) is 16.7. The standard InChI is InChI=1S/C19H18Cl2N2O2/c1-25-17-9-8-14(21)11-16(17)23-18(12-4-6-13(20)7-5-12)22-10-2-3-15(22)19(23)24/h4-9,11,15,18H,2-3,10H2,1H3. The Bertz CT molecular complexity index is 810. The van der Waals surface area contributed by atoms with E-state index < -0.39 is 0 Å². The number of fused-ring (bicyclic) bond motifs is 1. The van der Waals surface area contributed by atoms with Gasteiger partial charge in [-0.05, 0) is 48.7 Å². The third kappa shape index (κ3) is 2.78. The summed E-state index contributed by atoms with van der Waals surface area (Å²) in [6.07, 6.45) is 1.73. The van der Waals surface area contributed by atoms with Gasteiger partial charge in [0, 0.05) is 16.6 Å². The van der Waals surface area contributed by atoms with E-state index in [1.165, 1.54) is 0 Å². The maximum absolute atomic E-state index is 13.2. The number of nitrogens with zero attached hydrogens (tertiary/aromatic N) is 2. The first-order valence-electron chi connectivity index (χ1n) is 8.28. The number of anilines is 1. The van der Waals surface area contributed by atoms with Crippen molar-refractivity contribution in [1.29, 1.82) is 0 Å². The number of carbonyl (C=O) groups excluding carboxylic acids is 1. The van der Waals surface area contributed by atoms with Gasteiger partial charge in [-0.3, -0.25) is 14.6 Å². The predicted octanol–water partition coefficient (Wildman–Crippen LogP) is 4.51. The molecule has 6 heteroatoms. The summed E-state index contributed by atoms with van der Waals surface area (Å²) in [6.45, 7) is 0.892. The fourth-order valence-corrected chi connectivity index (χ4v) is 4.15. The summed E-state index contributed by atoms with van der Waals surface area (Å²) in [4.78, 5) is 17.3. The molecule has 0 spiro atoms. The lowest BCUT2D eigenvalue weighted by molar-refractivity contribution is -0.119. The van der Waals surface area contributed by atoms with E-state index in [4.69, 9.17) is 27.9 Å². The van der Waals surface area contributed by atoms with Crippen LogP contribution in [0.1, 0.15) is 24.6 Å². The first-order valence-corrected chi connectivity index (χ1v) is 9.03. The Morgan fingerprint density at radius 2 is 1.80 bits per heavy atom. The smallest absolute Gasteiger partial charge is 0.246 e. The molecular formula is C19H18Cl2N2O2. The van der Waals surface area contributed by atoms with Crippen molar-refractivity contribution in [2.75, 3.05) is 18.6 Å². The Balaban J connectivity index is 1.85. The largest absolute Gasteiger partial charge is 0.495 e. The molecule has 25 heavy (non-hydrogen) atoms. The Labute approximate surface area is 156 Å². The molecular weight excluding hydrogens is 359 g/mol. The maximum Gasteiger partial charge on any atom is 0.246 e. The summed E-state index contributed by atoms with van der Waals surface area (Å²) in [5, 5.41) is 1.25. The molecule has 4 nitrogen and oxygen atoms in total. The topological polar surface area (TPSA) is 32.8 Å². The van der Waals surface area contributed by atoms with Gasteiger partial charge in [0.25, 0.3) is 0 Å². The number of methoxy groups -OCH3 is 1. The Hall–Kier alpha value is -1.75. The van der Waals surface area contributed by atoms with Gasteiger partial charge in [0.15, 0.2) is 0 Å². The molecule has 2 fully saturated rings. The second-order valence-electron chi connectivity index (χ2n) is 6.35. The minimum absolute atomic E-state index is 0.0932. The molecule has 0 saturated carbocycles. The van der Waals surface area contributed by atoms with E-state index >= 15 is 0 Å². The highest BCUT2D eigenvalue weighted by Gasteiger charge is 2.50. The van der Waals surface area contributed by atoms with Crippen LogP contribution >= 0.6 is 23.2 Å².